The van der Waals surface area contributed by atoms with Crippen molar-refractivity contribution in [3.63, 3.8) is 0 Å². The Labute approximate surface area is 113 Å². The summed E-state index contributed by atoms with van der Waals surface area (Å²) in [7, 11) is 1.93. The van der Waals surface area contributed by atoms with Gasteiger partial charge in [-0.15, -0.1) is 0 Å². The van der Waals surface area contributed by atoms with Crippen LogP contribution in [0.2, 0.25) is 0 Å². The number of nitrogens with one attached hydrogen (secondary N) is 2. The highest BCUT2D eigenvalue weighted by molar-refractivity contribution is 5.57. The highest BCUT2D eigenvalue weighted by Gasteiger charge is 2.09. The van der Waals surface area contributed by atoms with Gasteiger partial charge in [0.2, 0.25) is 0 Å². The maximum Gasteiger partial charge on any atom is 0.135 e. The molecule has 2 aromatic heterocycles. The van der Waals surface area contributed by atoms with E-state index in [0.29, 0.717) is 6.54 Å². The fourth-order valence-corrected chi connectivity index (χ4v) is 1.97. The molecule has 2 heterocycles. The van der Waals surface area contributed by atoms with E-state index in [4.69, 9.17) is 0 Å². The normalized spacial score (nSPS) is 10.5. The molecular weight excluding hydrogens is 240 g/mol. The number of hydrogen-bond donors (Lipinski definition) is 2. The van der Waals surface area contributed by atoms with Crippen molar-refractivity contribution in [2.24, 2.45) is 7.05 Å². The zero-order chi connectivity index (χ0) is 13.7. The van der Waals surface area contributed by atoms with E-state index in [1.54, 1.807) is 12.5 Å². The van der Waals surface area contributed by atoms with Gasteiger partial charge in [0.15, 0.2) is 0 Å². The van der Waals surface area contributed by atoms with Gasteiger partial charge in [-0.25, -0.2) is 9.97 Å². The first-order valence-corrected chi connectivity index (χ1v) is 6.54. The van der Waals surface area contributed by atoms with Gasteiger partial charge in [0, 0.05) is 25.4 Å². The molecular formula is C13H20N6. The molecule has 0 fully saturated rings. The topological polar surface area (TPSA) is 67.7 Å². The van der Waals surface area contributed by atoms with Crippen molar-refractivity contribution in [2.45, 2.75) is 26.8 Å². The maximum atomic E-state index is 4.33. The summed E-state index contributed by atoms with van der Waals surface area (Å²) in [4.78, 5) is 8.61. The van der Waals surface area contributed by atoms with Gasteiger partial charge in [0.25, 0.3) is 0 Å². The van der Waals surface area contributed by atoms with Crippen LogP contribution in [-0.4, -0.2) is 26.3 Å². The molecule has 0 spiro atoms. The van der Waals surface area contributed by atoms with Crippen molar-refractivity contribution in [3.05, 3.63) is 29.8 Å². The van der Waals surface area contributed by atoms with E-state index in [9.17, 15) is 0 Å². The minimum absolute atomic E-state index is 0.700. The second-order valence-electron chi connectivity index (χ2n) is 4.23. The molecule has 0 unspecified atom stereocenters. The van der Waals surface area contributed by atoms with Gasteiger partial charge in [-0.1, -0.05) is 6.92 Å². The predicted octanol–water partition coefficient (Wildman–Crippen LogP) is 1.82. The summed E-state index contributed by atoms with van der Waals surface area (Å²) in [6, 6.07) is 1.99. The average molecular weight is 260 g/mol. The van der Waals surface area contributed by atoms with Crippen molar-refractivity contribution < 1.29 is 0 Å². The minimum Gasteiger partial charge on any atom is -0.370 e. The van der Waals surface area contributed by atoms with Crippen LogP contribution in [0.5, 0.6) is 0 Å². The fourth-order valence-electron chi connectivity index (χ4n) is 1.97. The highest BCUT2D eigenvalue weighted by atomic mass is 15.3. The van der Waals surface area contributed by atoms with Crippen LogP contribution in [0.1, 0.15) is 25.1 Å². The Hall–Kier alpha value is -2.11. The monoisotopic (exact) mass is 260 g/mol. The molecule has 6 heteroatoms. The lowest BCUT2D eigenvalue weighted by Crippen LogP contribution is -2.11. The summed E-state index contributed by atoms with van der Waals surface area (Å²) in [5.74, 6) is 1.79. The third-order valence-corrected chi connectivity index (χ3v) is 3.00. The van der Waals surface area contributed by atoms with Crippen LogP contribution in [0.25, 0.3) is 0 Å². The lowest BCUT2D eigenvalue weighted by Gasteiger charge is -2.13. The second-order valence-corrected chi connectivity index (χ2v) is 4.23. The van der Waals surface area contributed by atoms with Crippen LogP contribution in [0.3, 0.4) is 0 Å². The molecule has 0 aliphatic heterocycles. The Morgan fingerprint density at radius 2 is 1.89 bits per heavy atom. The van der Waals surface area contributed by atoms with Crippen molar-refractivity contribution in [3.8, 4) is 0 Å². The Kier molecular flexibility index (Phi) is 4.33. The minimum atomic E-state index is 0.700. The maximum absolute atomic E-state index is 4.33. The number of nitrogens with zero attached hydrogens (tertiary/aromatic N) is 4. The largest absolute Gasteiger partial charge is 0.370 e. The van der Waals surface area contributed by atoms with Crippen LogP contribution in [0.4, 0.5) is 11.6 Å². The summed E-state index contributed by atoms with van der Waals surface area (Å²) in [6.45, 7) is 5.72. The molecule has 2 N–H and O–H groups in total. The molecule has 0 aromatic carbocycles. The predicted molar refractivity (Wildman–Crippen MR) is 76.1 cm³/mol. The van der Waals surface area contributed by atoms with Crippen molar-refractivity contribution in [1.29, 1.82) is 0 Å². The third kappa shape index (κ3) is 3.01. The summed E-state index contributed by atoms with van der Waals surface area (Å²) < 4.78 is 1.85. The Morgan fingerprint density at radius 1 is 1.16 bits per heavy atom. The lowest BCUT2D eigenvalue weighted by molar-refractivity contribution is 0.719. The van der Waals surface area contributed by atoms with Crippen molar-refractivity contribution >= 4 is 11.6 Å². The van der Waals surface area contributed by atoms with Crippen LogP contribution >= 0.6 is 0 Å². The van der Waals surface area contributed by atoms with Gasteiger partial charge in [0.1, 0.15) is 18.0 Å². The Morgan fingerprint density at radius 3 is 2.47 bits per heavy atom. The van der Waals surface area contributed by atoms with Crippen LogP contribution in [0.15, 0.2) is 18.6 Å². The molecule has 2 rings (SSSR count). The first kappa shape index (κ1) is 13.3. The molecule has 0 aliphatic rings. The van der Waals surface area contributed by atoms with E-state index < -0.39 is 0 Å². The molecule has 0 saturated heterocycles. The first-order valence-electron chi connectivity index (χ1n) is 6.54. The average Bonchev–Trinajstić information content (AvgIpc) is 2.82. The summed E-state index contributed by atoms with van der Waals surface area (Å²) in [5.41, 5.74) is 2.23. The highest BCUT2D eigenvalue weighted by Crippen LogP contribution is 2.20. The van der Waals surface area contributed by atoms with E-state index >= 15 is 0 Å². The quantitative estimate of drug-likeness (QED) is 0.829. The molecule has 0 aliphatic carbocycles. The fraction of sp³-hybridized carbons (Fsp3) is 0.462. The summed E-state index contributed by atoms with van der Waals surface area (Å²) in [5, 5.41) is 10.8. The van der Waals surface area contributed by atoms with Crippen molar-refractivity contribution in [2.75, 3.05) is 17.2 Å². The Bertz CT molecular complexity index is 534. The standard InChI is InChI=1S/C13H20N6/c1-4-11-12(14-5-2)16-9-17-13(11)15-8-10-6-7-18-19(10)3/h6-7,9H,4-5,8H2,1-3H3,(H2,14,15,16,17). The van der Waals surface area contributed by atoms with E-state index in [-0.39, 0.29) is 0 Å². The molecule has 6 nitrogen and oxygen atoms in total. The molecule has 19 heavy (non-hydrogen) atoms. The van der Waals surface area contributed by atoms with Gasteiger partial charge in [-0.3, -0.25) is 4.68 Å². The van der Waals surface area contributed by atoms with E-state index in [2.05, 4.69) is 39.5 Å². The molecule has 0 saturated carbocycles. The van der Waals surface area contributed by atoms with Gasteiger partial charge >= 0.3 is 0 Å². The number of aryl methyl sites for hydroxylation is 1. The molecule has 0 radical (unpaired) electrons. The Balaban J connectivity index is 2.15. The number of rotatable bonds is 6. The molecule has 102 valence electrons. The van der Waals surface area contributed by atoms with Crippen LogP contribution in [-0.2, 0) is 20.0 Å². The van der Waals surface area contributed by atoms with Crippen molar-refractivity contribution in [1.82, 2.24) is 19.7 Å². The lowest BCUT2D eigenvalue weighted by atomic mass is 10.2. The number of hydrogen-bond acceptors (Lipinski definition) is 5. The van der Waals surface area contributed by atoms with Crippen LogP contribution in [0, 0.1) is 0 Å². The van der Waals surface area contributed by atoms with E-state index in [1.165, 1.54) is 0 Å². The zero-order valence-electron chi connectivity index (χ0n) is 11.6. The number of aromatic nitrogens is 4. The van der Waals surface area contributed by atoms with Gasteiger partial charge in [-0.05, 0) is 19.4 Å². The molecule has 0 bridgehead atoms. The zero-order valence-corrected chi connectivity index (χ0v) is 11.6. The van der Waals surface area contributed by atoms with Gasteiger partial charge in [0.05, 0.1) is 12.2 Å². The van der Waals surface area contributed by atoms with Crippen LogP contribution < -0.4 is 10.6 Å². The molecule has 2 aromatic rings. The van der Waals surface area contributed by atoms with Gasteiger partial charge < -0.3 is 10.6 Å². The number of anilines is 2. The summed E-state index contributed by atoms with van der Waals surface area (Å²) >= 11 is 0. The first-order chi connectivity index (χ1) is 9.26. The SMILES string of the molecule is CCNc1ncnc(NCc2ccnn2C)c1CC. The third-order valence-electron chi connectivity index (χ3n) is 3.00. The summed E-state index contributed by atoms with van der Waals surface area (Å²) in [6.07, 6.45) is 4.27. The molecule has 0 atom stereocenters. The smallest absolute Gasteiger partial charge is 0.135 e. The van der Waals surface area contributed by atoms with E-state index in [0.717, 1.165) is 35.9 Å². The second kappa shape index (κ2) is 6.17. The van der Waals surface area contributed by atoms with Gasteiger partial charge in [-0.2, -0.15) is 5.10 Å². The molecule has 0 amide bonds. The van der Waals surface area contributed by atoms with E-state index in [1.807, 2.05) is 17.8 Å².